The molecule has 1 saturated heterocycles. The van der Waals surface area contributed by atoms with E-state index in [4.69, 9.17) is 9.72 Å². The van der Waals surface area contributed by atoms with Crippen molar-refractivity contribution in [2.24, 2.45) is 0 Å². The highest BCUT2D eigenvalue weighted by atomic mass is 16.5. The van der Waals surface area contributed by atoms with Gasteiger partial charge in [0.1, 0.15) is 5.75 Å². The zero-order valence-corrected chi connectivity index (χ0v) is 15.8. The number of amides is 1. The number of rotatable bonds is 4. The van der Waals surface area contributed by atoms with Crippen molar-refractivity contribution in [1.29, 1.82) is 0 Å². The number of ether oxygens (including phenoxy) is 1. The van der Waals surface area contributed by atoms with Crippen molar-refractivity contribution in [3.8, 4) is 5.75 Å². The highest BCUT2D eigenvalue weighted by Gasteiger charge is 2.31. The minimum absolute atomic E-state index is 0.0267. The number of hydrogen-bond acceptors (Lipinski definition) is 5. The van der Waals surface area contributed by atoms with Gasteiger partial charge in [-0.05, 0) is 25.3 Å². The number of methoxy groups -OCH3 is 1. The maximum absolute atomic E-state index is 13.1. The van der Waals surface area contributed by atoms with Crippen LogP contribution in [0.3, 0.4) is 0 Å². The number of fused-ring (bicyclic) bond motifs is 1. The number of carbonyl (C=O) groups is 1. The van der Waals surface area contributed by atoms with Gasteiger partial charge in [-0.1, -0.05) is 18.2 Å². The van der Waals surface area contributed by atoms with Crippen LogP contribution in [0.4, 0.5) is 0 Å². The van der Waals surface area contributed by atoms with Crippen LogP contribution >= 0.6 is 0 Å². The Balaban J connectivity index is 1.56. The van der Waals surface area contributed by atoms with Crippen LogP contribution in [-0.2, 0) is 24.2 Å². The number of hydrogen-bond donors (Lipinski definition) is 1. The maximum atomic E-state index is 13.1. The molecule has 1 fully saturated rings. The molecule has 2 aliphatic rings. The normalized spacial score (nSPS) is 19.4. The molecular formula is C21H26N4O2. The lowest BCUT2D eigenvalue weighted by Gasteiger charge is -2.35. The Kier molecular flexibility index (Phi) is 5.34. The van der Waals surface area contributed by atoms with E-state index < -0.39 is 0 Å². The molecule has 2 aromatic rings. The van der Waals surface area contributed by atoms with Gasteiger partial charge in [-0.25, -0.2) is 9.97 Å². The van der Waals surface area contributed by atoms with Crippen molar-refractivity contribution >= 4 is 5.91 Å². The van der Waals surface area contributed by atoms with Crippen LogP contribution in [0.2, 0.25) is 0 Å². The van der Waals surface area contributed by atoms with Crippen LogP contribution in [0, 0.1) is 0 Å². The molecular weight excluding hydrogens is 340 g/mol. The monoisotopic (exact) mass is 366 g/mol. The molecule has 0 unspecified atom stereocenters. The predicted octanol–water partition coefficient (Wildman–Crippen LogP) is 2.43. The summed E-state index contributed by atoms with van der Waals surface area (Å²) < 4.78 is 5.41. The number of aromatic nitrogens is 2. The number of nitrogens with zero attached hydrogens (tertiary/aromatic N) is 3. The molecule has 0 spiro atoms. The van der Waals surface area contributed by atoms with E-state index in [9.17, 15) is 4.79 Å². The largest absolute Gasteiger partial charge is 0.496 e. The van der Waals surface area contributed by atoms with Crippen LogP contribution in [0.1, 0.15) is 47.9 Å². The predicted molar refractivity (Wildman–Crippen MR) is 102 cm³/mol. The molecule has 2 aliphatic heterocycles. The lowest BCUT2D eigenvalue weighted by Crippen LogP contribution is -2.40. The summed E-state index contributed by atoms with van der Waals surface area (Å²) in [5.74, 6) is 1.67. The molecule has 1 aromatic carbocycles. The Labute approximate surface area is 160 Å². The first-order valence-electron chi connectivity index (χ1n) is 9.73. The molecule has 142 valence electrons. The highest BCUT2D eigenvalue weighted by molar-refractivity contribution is 5.80. The summed E-state index contributed by atoms with van der Waals surface area (Å²) in [6.07, 6.45) is 6.26. The second-order valence-corrected chi connectivity index (χ2v) is 7.21. The third-order valence-corrected chi connectivity index (χ3v) is 5.48. The van der Waals surface area contributed by atoms with E-state index in [2.05, 4.69) is 10.3 Å². The maximum Gasteiger partial charge on any atom is 0.227 e. The van der Waals surface area contributed by atoms with E-state index in [1.807, 2.05) is 35.4 Å². The average Bonchev–Trinajstić information content (AvgIpc) is 2.73. The van der Waals surface area contributed by atoms with E-state index in [0.717, 1.165) is 68.1 Å². The van der Waals surface area contributed by atoms with Crippen molar-refractivity contribution in [3.63, 3.8) is 0 Å². The van der Waals surface area contributed by atoms with Crippen molar-refractivity contribution in [2.45, 2.75) is 44.7 Å². The summed E-state index contributed by atoms with van der Waals surface area (Å²) >= 11 is 0. The fraction of sp³-hybridized carbons (Fsp3) is 0.476. The average molecular weight is 366 g/mol. The van der Waals surface area contributed by atoms with Gasteiger partial charge in [-0.3, -0.25) is 4.79 Å². The van der Waals surface area contributed by atoms with E-state index in [0.29, 0.717) is 6.42 Å². The van der Waals surface area contributed by atoms with Gasteiger partial charge in [0.05, 0.1) is 19.6 Å². The molecule has 6 nitrogen and oxygen atoms in total. The van der Waals surface area contributed by atoms with Crippen molar-refractivity contribution < 1.29 is 9.53 Å². The number of likely N-dealkylation sites (tertiary alicyclic amines) is 1. The van der Waals surface area contributed by atoms with Crippen molar-refractivity contribution in [2.75, 3.05) is 20.2 Å². The summed E-state index contributed by atoms with van der Waals surface area (Å²) in [5, 5.41) is 3.35. The standard InChI is InChI=1S/C21H26N4O2/c1-27-19-8-3-2-6-15(19)12-20(26)25-11-5-4-7-18(25)21-23-14-16-13-22-10-9-17(16)24-21/h2-3,6,8,14,18,22H,4-5,7,9-13H2,1H3/t18-/m1/s1. The molecule has 3 heterocycles. The molecule has 0 radical (unpaired) electrons. The first-order valence-corrected chi connectivity index (χ1v) is 9.73. The highest BCUT2D eigenvalue weighted by Crippen LogP contribution is 2.31. The SMILES string of the molecule is COc1ccccc1CC(=O)N1CCCC[C@@H]1c1ncc2c(n1)CCNC2. The quantitative estimate of drug-likeness (QED) is 0.900. The molecule has 6 heteroatoms. The summed E-state index contributed by atoms with van der Waals surface area (Å²) in [4.78, 5) is 24.5. The first kappa shape index (κ1) is 17.9. The van der Waals surface area contributed by atoms with Gasteiger partial charge in [0.25, 0.3) is 0 Å². The number of carbonyl (C=O) groups excluding carboxylic acids is 1. The summed E-state index contributed by atoms with van der Waals surface area (Å²) in [6, 6.07) is 7.70. The van der Waals surface area contributed by atoms with Gasteiger partial charge in [0.2, 0.25) is 5.91 Å². The second-order valence-electron chi connectivity index (χ2n) is 7.21. The van der Waals surface area contributed by atoms with Gasteiger partial charge >= 0.3 is 0 Å². The topological polar surface area (TPSA) is 67.3 Å². The van der Waals surface area contributed by atoms with E-state index in [1.165, 1.54) is 5.56 Å². The van der Waals surface area contributed by atoms with Gasteiger partial charge < -0.3 is 15.0 Å². The zero-order chi connectivity index (χ0) is 18.6. The first-order chi connectivity index (χ1) is 13.3. The Morgan fingerprint density at radius 1 is 1.33 bits per heavy atom. The molecule has 1 amide bonds. The molecule has 1 N–H and O–H groups in total. The lowest BCUT2D eigenvalue weighted by molar-refractivity contribution is -0.134. The smallest absolute Gasteiger partial charge is 0.227 e. The minimum atomic E-state index is -0.0267. The molecule has 4 rings (SSSR count). The summed E-state index contributed by atoms with van der Waals surface area (Å²) in [6.45, 7) is 2.54. The van der Waals surface area contributed by atoms with Gasteiger partial charge in [0.15, 0.2) is 5.82 Å². The third kappa shape index (κ3) is 3.81. The fourth-order valence-corrected chi connectivity index (χ4v) is 4.02. The Morgan fingerprint density at radius 3 is 3.11 bits per heavy atom. The van der Waals surface area contributed by atoms with Crippen molar-refractivity contribution in [1.82, 2.24) is 20.2 Å². The van der Waals surface area contributed by atoms with Gasteiger partial charge in [-0.2, -0.15) is 0 Å². The number of nitrogens with one attached hydrogen (secondary N) is 1. The Bertz CT molecular complexity index is 824. The summed E-state index contributed by atoms with van der Waals surface area (Å²) in [5.41, 5.74) is 3.22. The Morgan fingerprint density at radius 2 is 2.22 bits per heavy atom. The second kappa shape index (κ2) is 8.05. The molecule has 1 atom stereocenters. The fourth-order valence-electron chi connectivity index (χ4n) is 4.02. The number of piperidine rings is 1. The number of para-hydroxylation sites is 1. The molecule has 27 heavy (non-hydrogen) atoms. The van der Waals surface area contributed by atoms with Crippen LogP contribution in [0.15, 0.2) is 30.5 Å². The van der Waals surface area contributed by atoms with Gasteiger partial charge in [-0.15, -0.1) is 0 Å². The molecule has 0 aliphatic carbocycles. The zero-order valence-electron chi connectivity index (χ0n) is 15.8. The molecule has 0 bridgehead atoms. The molecule has 0 saturated carbocycles. The minimum Gasteiger partial charge on any atom is -0.496 e. The van der Waals surface area contributed by atoms with Crippen LogP contribution < -0.4 is 10.1 Å². The van der Waals surface area contributed by atoms with E-state index >= 15 is 0 Å². The van der Waals surface area contributed by atoms with Crippen LogP contribution in [0.25, 0.3) is 0 Å². The number of benzene rings is 1. The van der Waals surface area contributed by atoms with Crippen LogP contribution in [-0.4, -0.2) is 41.0 Å². The third-order valence-electron chi connectivity index (χ3n) is 5.48. The summed E-state index contributed by atoms with van der Waals surface area (Å²) in [7, 11) is 1.64. The Hall–Kier alpha value is -2.47. The molecule has 1 aromatic heterocycles. The van der Waals surface area contributed by atoms with E-state index in [1.54, 1.807) is 7.11 Å². The van der Waals surface area contributed by atoms with Crippen LogP contribution in [0.5, 0.6) is 5.75 Å². The van der Waals surface area contributed by atoms with E-state index in [-0.39, 0.29) is 11.9 Å². The van der Waals surface area contributed by atoms with Crippen molar-refractivity contribution in [3.05, 3.63) is 53.1 Å². The van der Waals surface area contributed by atoms with Gasteiger partial charge in [0, 0.05) is 49.1 Å². The lowest BCUT2D eigenvalue weighted by atomic mass is 9.99.